The van der Waals surface area contributed by atoms with Gasteiger partial charge in [0.1, 0.15) is 11.9 Å². The van der Waals surface area contributed by atoms with E-state index in [4.69, 9.17) is 4.74 Å². The number of cyclic esters (lactones) is 1. The predicted molar refractivity (Wildman–Crippen MR) is 91.1 cm³/mol. The summed E-state index contributed by atoms with van der Waals surface area (Å²) in [6.07, 6.45) is 1.32. The lowest BCUT2D eigenvalue weighted by molar-refractivity contribution is 0.129. The molecule has 0 radical (unpaired) electrons. The highest BCUT2D eigenvalue weighted by Crippen LogP contribution is 2.38. The zero-order chi connectivity index (χ0) is 19.0. The van der Waals surface area contributed by atoms with Gasteiger partial charge in [0.25, 0.3) is 0 Å². The van der Waals surface area contributed by atoms with Gasteiger partial charge in [0.2, 0.25) is 0 Å². The molecule has 7 heteroatoms. The van der Waals surface area contributed by atoms with Crippen molar-refractivity contribution in [3.63, 3.8) is 0 Å². The molecule has 3 aromatic rings. The van der Waals surface area contributed by atoms with Gasteiger partial charge in [-0.2, -0.15) is 0 Å². The Morgan fingerprint density at radius 2 is 1.74 bits per heavy atom. The van der Waals surface area contributed by atoms with Gasteiger partial charge < -0.3 is 10.1 Å². The SMILES string of the molecule is O=C1N[C@H](c2cncc(-c3ccc(F)cc3)c2)[C@@H](c2cccc(F)c2F)O1. The molecule has 27 heavy (non-hydrogen) atoms. The van der Waals surface area contributed by atoms with Crippen LogP contribution in [0.3, 0.4) is 0 Å². The minimum Gasteiger partial charge on any atom is -0.439 e. The lowest BCUT2D eigenvalue weighted by Crippen LogP contribution is -2.20. The molecule has 0 unspecified atom stereocenters. The van der Waals surface area contributed by atoms with Crippen LogP contribution in [0, 0.1) is 17.5 Å². The van der Waals surface area contributed by atoms with Gasteiger partial charge in [0.05, 0.1) is 0 Å². The second-order valence-corrected chi connectivity index (χ2v) is 6.10. The van der Waals surface area contributed by atoms with Crippen molar-refractivity contribution in [1.29, 1.82) is 0 Å². The lowest BCUT2D eigenvalue weighted by Gasteiger charge is -2.18. The van der Waals surface area contributed by atoms with Crippen LogP contribution < -0.4 is 5.32 Å². The third-order valence-electron chi connectivity index (χ3n) is 4.39. The quantitative estimate of drug-likeness (QED) is 0.728. The summed E-state index contributed by atoms with van der Waals surface area (Å²) in [5.74, 6) is -2.44. The molecule has 2 aromatic carbocycles. The van der Waals surface area contributed by atoms with E-state index in [-0.39, 0.29) is 11.4 Å². The molecule has 1 aliphatic rings. The first kappa shape index (κ1) is 17.1. The molecule has 4 rings (SSSR count). The average Bonchev–Trinajstić information content (AvgIpc) is 3.06. The predicted octanol–water partition coefficient (Wildman–Crippen LogP) is 4.69. The summed E-state index contributed by atoms with van der Waals surface area (Å²) in [5, 5.41) is 2.60. The van der Waals surface area contributed by atoms with Gasteiger partial charge in [0, 0.05) is 23.5 Å². The van der Waals surface area contributed by atoms with Crippen molar-refractivity contribution >= 4 is 6.09 Å². The van der Waals surface area contributed by atoms with Crippen molar-refractivity contribution < 1.29 is 22.7 Å². The summed E-state index contributed by atoms with van der Waals surface area (Å²) in [6, 6.07) is 10.6. The topological polar surface area (TPSA) is 51.2 Å². The Bertz CT molecular complexity index is 1010. The fraction of sp³-hybridized carbons (Fsp3) is 0.100. The maximum atomic E-state index is 14.2. The molecule has 2 heterocycles. The van der Waals surface area contributed by atoms with Crippen LogP contribution in [-0.4, -0.2) is 11.1 Å². The molecule has 1 amide bonds. The van der Waals surface area contributed by atoms with Crippen molar-refractivity contribution in [2.45, 2.75) is 12.1 Å². The molecule has 136 valence electrons. The molecule has 0 spiro atoms. The minimum atomic E-state index is -1.06. The van der Waals surface area contributed by atoms with Gasteiger partial charge in [0.15, 0.2) is 17.7 Å². The van der Waals surface area contributed by atoms with E-state index in [0.717, 1.165) is 11.6 Å². The van der Waals surface area contributed by atoms with Crippen LogP contribution in [0.5, 0.6) is 0 Å². The number of hydrogen-bond acceptors (Lipinski definition) is 3. The third kappa shape index (κ3) is 3.23. The van der Waals surface area contributed by atoms with Crippen LogP contribution in [0.1, 0.15) is 23.3 Å². The lowest BCUT2D eigenvalue weighted by atomic mass is 9.95. The second kappa shape index (κ2) is 6.75. The average molecular weight is 370 g/mol. The highest BCUT2D eigenvalue weighted by Gasteiger charge is 2.38. The Balaban J connectivity index is 1.73. The molecule has 1 saturated heterocycles. The molecule has 1 aliphatic heterocycles. The molecular formula is C20H13F3N2O2. The van der Waals surface area contributed by atoms with E-state index in [9.17, 15) is 18.0 Å². The normalized spacial score (nSPS) is 18.9. The summed E-state index contributed by atoms with van der Waals surface area (Å²) in [6.45, 7) is 0. The van der Waals surface area contributed by atoms with Gasteiger partial charge in [-0.25, -0.2) is 18.0 Å². The number of aromatic nitrogens is 1. The maximum Gasteiger partial charge on any atom is 0.408 e. The Labute approximate surface area is 152 Å². The number of alkyl carbamates (subject to hydrolysis) is 1. The van der Waals surface area contributed by atoms with Crippen LogP contribution in [-0.2, 0) is 4.74 Å². The number of pyridine rings is 1. The van der Waals surface area contributed by atoms with Crippen molar-refractivity contribution in [1.82, 2.24) is 10.3 Å². The van der Waals surface area contributed by atoms with E-state index in [0.29, 0.717) is 11.1 Å². The molecular weight excluding hydrogens is 357 g/mol. The number of hydrogen-bond donors (Lipinski definition) is 1. The Morgan fingerprint density at radius 3 is 2.52 bits per heavy atom. The van der Waals surface area contributed by atoms with Crippen LogP contribution in [0.25, 0.3) is 11.1 Å². The largest absolute Gasteiger partial charge is 0.439 e. The minimum absolute atomic E-state index is 0.0643. The zero-order valence-electron chi connectivity index (χ0n) is 13.8. The third-order valence-corrected chi connectivity index (χ3v) is 4.39. The van der Waals surface area contributed by atoms with E-state index in [1.807, 2.05) is 0 Å². The first-order chi connectivity index (χ1) is 13.0. The molecule has 1 fully saturated rings. The van der Waals surface area contributed by atoms with Crippen molar-refractivity contribution in [3.8, 4) is 11.1 Å². The zero-order valence-corrected chi connectivity index (χ0v) is 13.8. The van der Waals surface area contributed by atoms with Gasteiger partial charge >= 0.3 is 6.09 Å². The van der Waals surface area contributed by atoms with E-state index < -0.39 is 29.9 Å². The number of carbonyl (C=O) groups is 1. The second-order valence-electron chi connectivity index (χ2n) is 6.10. The van der Waals surface area contributed by atoms with E-state index in [1.165, 1.54) is 30.5 Å². The standard InChI is InChI=1S/C20H13F3N2O2/c21-14-6-4-11(5-7-14)12-8-13(10-24-9-12)18-19(27-20(26)25-18)15-2-1-3-16(22)17(15)23/h1-10,18-19H,(H,25,26)/t18-,19-/m1/s1. The van der Waals surface area contributed by atoms with Crippen LogP contribution in [0.15, 0.2) is 60.9 Å². The van der Waals surface area contributed by atoms with Gasteiger partial charge in [-0.3, -0.25) is 4.98 Å². The highest BCUT2D eigenvalue weighted by molar-refractivity contribution is 5.72. The van der Waals surface area contributed by atoms with E-state index in [2.05, 4.69) is 10.3 Å². The number of benzene rings is 2. The number of ether oxygens (including phenoxy) is 1. The monoisotopic (exact) mass is 370 g/mol. The van der Waals surface area contributed by atoms with Gasteiger partial charge in [-0.1, -0.05) is 24.3 Å². The Kier molecular flexibility index (Phi) is 4.27. The van der Waals surface area contributed by atoms with Crippen LogP contribution in [0.2, 0.25) is 0 Å². The fourth-order valence-electron chi connectivity index (χ4n) is 3.09. The molecule has 0 saturated carbocycles. The number of amides is 1. The summed E-state index contributed by atoms with van der Waals surface area (Å²) in [7, 11) is 0. The molecule has 1 N–H and O–H groups in total. The smallest absolute Gasteiger partial charge is 0.408 e. The molecule has 1 aromatic heterocycles. The van der Waals surface area contributed by atoms with Crippen molar-refractivity contribution in [2.24, 2.45) is 0 Å². The first-order valence-electron chi connectivity index (χ1n) is 8.15. The Morgan fingerprint density at radius 1 is 0.963 bits per heavy atom. The number of nitrogens with zero attached hydrogens (tertiary/aromatic N) is 1. The van der Waals surface area contributed by atoms with Crippen LogP contribution in [0.4, 0.5) is 18.0 Å². The molecule has 4 nitrogen and oxygen atoms in total. The van der Waals surface area contributed by atoms with Gasteiger partial charge in [-0.15, -0.1) is 0 Å². The van der Waals surface area contributed by atoms with Crippen molar-refractivity contribution in [3.05, 3.63) is 89.5 Å². The van der Waals surface area contributed by atoms with Crippen molar-refractivity contribution in [2.75, 3.05) is 0 Å². The van der Waals surface area contributed by atoms with E-state index in [1.54, 1.807) is 24.4 Å². The number of carbonyl (C=O) groups excluding carboxylic acids is 1. The maximum absolute atomic E-state index is 14.2. The Hall–Kier alpha value is -3.35. The highest BCUT2D eigenvalue weighted by atomic mass is 19.2. The number of nitrogens with one attached hydrogen (secondary N) is 1. The first-order valence-corrected chi connectivity index (χ1v) is 8.15. The summed E-state index contributed by atoms with van der Waals surface area (Å²) >= 11 is 0. The molecule has 2 atom stereocenters. The summed E-state index contributed by atoms with van der Waals surface area (Å²) in [5.41, 5.74) is 1.90. The molecule has 0 bridgehead atoms. The fourth-order valence-corrected chi connectivity index (χ4v) is 3.09. The molecule has 0 aliphatic carbocycles. The van der Waals surface area contributed by atoms with E-state index >= 15 is 0 Å². The summed E-state index contributed by atoms with van der Waals surface area (Å²) < 4.78 is 46.1. The number of rotatable bonds is 3. The van der Waals surface area contributed by atoms with Crippen LogP contribution >= 0.6 is 0 Å². The van der Waals surface area contributed by atoms with Gasteiger partial charge in [-0.05, 0) is 35.4 Å². The number of halogens is 3. The summed E-state index contributed by atoms with van der Waals surface area (Å²) in [4.78, 5) is 15.9.